The van der Waals surface area contributed by atoms with Gasteiger partial charge in [0.25, 0.3) is 0 Å². The van der Waals surface area contributed by atoms with Crippen LogP contribution in [-0.2, 0) is 9.53 Å². The molecule has 0 radical (unpaired) electrons. The first-order valence-electron chi connectivity index (χ1n) is 6.31. The molecule has 1 aliphatic rings. The number of ether oxygens (including phenoxy) is 1. The van der Waals surface area contributed by atoms with Crippen molar-refractivity contribution in [3.63, 3.8) is 0 Å². The Kier molecular flexibility index (Phi) is 9.50. The second-order valence-electron chi connectivity index (χ2n) is 4.24. The molecule has 0 saturated carbocycles. The molecule has 1 N–H and O–H groups in total. The Morgan fingerprint density at radius 3 is 2.94 bits per heavy atom. The summed E-state index contributed by atoms with van der Waals surface area (Å²) in [5, 5.41) is 3.15. The van der Waals surface area contributed by atoms with Gasteiger partial charge in [-0.05, 0) is 33.2 Å². The minimum atomic E-state index is 0. The zero-order valence-electron chi connectivity index (χ0n) is 10.9. The van der Waals surface area contributed by atoms with E-state index in [1.165, 1.54) is 0 Å². The number of nitrogens with zero attached hydrogens (tertiary/aromatic N) is 1. The highest BCUT2D eigenvalue weighted by Crippen LogP contribution is 2.17. The fourth-order valence-corrected chi connectivity index (χ4v) is 2.23. The lowest BCUT2D eigenvalue weighted by molar-refractivity contribution is -0.132. The molecule has 0 aromatic carbocycles. The number of carbonyl (C=O) groups excluding carboxylic acids is 1. The van der Waals surface area contributed by atoms with Gasteiger partial charge in [-0.3, -0.25) is 4.79 Å². The van der Waals surface area contributed by atoms with Crippen LogP contribution in [-0.4, -0.2) is 50.2 Å². The molecule has 1 amide bonds. The summed E-state index contributed by atoms with van der Waals surface area (Å²) < 4.78 is 5.24. The Hall–Kier alpha value is -0.320. The molecule has 0 aromatic rings. The molecule has 1 heterocycles. The summed E-state index contributed by atoms with van der Waals surface area (Å²) in [6.45, 7) is 5.26. The molecule has 102 valence electrons. The van der Waals surface area contributed by atoms with Gasteiger partial charge in [0.2, 0.25) is 5.91 Å². The first-order chi connectivity index (χ1) is 7.79. The highest BCUT2D eigenvalue weighted by Gasteiger charge is 2.27. The van der Waals surface area contributed by atoms with Crippen molar-refractivity contribution in [3.8, 4) is 0 Å². The van der Waals surface area contributed by atoms with Crippen LogP contribution in [0.2, 0.25) is 0 Å². The summed E-state index contributed by atoms with van der Waals surface area (Å²) in [5.41, 5.74) is 0. The standard InChI is InChI=1S/C12H24N2O2.ClH/c1-3-16-9-5-7-12(15)14-8-4-6-11(14)10-13-2;/h11,13H,3-10H2,1-2H3;1H. The van der Waals surface area contributed by atoms with Gasteiger partial charge in [-0.1, -0.05) is 0 Å². The van der Waals surface area contributed by atoms with E-state index >= 15 is 0 Å². The molecule has 1 fully saturated rings. The first-order valence-corrected chi connectivity index (χ1v) is 6.31. The minimum Gasteiger partial charge on any atom is -0.382 e. The van der Waals surface area contributed by atoms with E-state index in [0.717, 1.165) is 39.0 Å². The molecule has 0 aromatic heterocycles. The van der Waals surface area contributed by atoms with Crippen molar-refractivity contribution >= 4 is 18.3 Å². The van der Waals surface area contributed by atoms with E-state index in [1.807, 2.05) is 18.9 Å². The van der Waals surface area contributed by atoms with Gasteiger partial charge >= 0.3 is 0 Å². The number of likely N-dealkylation sites (N-methyl/N-ethyl adjacent to an activating group) is 1. The van der Waals surface area contributed by atoms with E-state index in [-0.39, 0.29) is 18.3 Å². The van der Waals surface area contributed by atoms with E-state index in [1.54, 1.807) is 0 Å². The van der Waals surface area contributed by atoms with E-state index in [4.69, 9.17) is 4.74 Å². The topological polar surface area (TPSA) is 41.6 Å². The van der Waals surface area contributed by atoms with Crippen molar-refractivity contribution in [3.05, 3.63) is 0 Å². The Bertz CT molecular complexity index is 215. The van der Waals surface area contributed by atoms with Crippen LogP contribution < -0.4 is 5.32 Å². The van der Waals surface area contributed by atoms with Crippen molar-refractivity contribution in [2.45, 2.75) is 38.6 Å². The number of rotatable bonds is 7. The van der Waals surface area contributed by atoms with E-state index in [2.05, 4.69) is 5.32 Å². The summed E-state index contributed by atoms with van der Waals surface area (Å²) in [6, 6.07) is 0.407. The maximum atomic E-state index is 11.9. The van der Waals surface area contributed by atoms with Crippen molar-refractivity contribution in [2.24, 2.45) is 0 Å². The number of halogens is 1. The fourth-order valence-electron chi connectivity index (χ4n) is 2.23. The summed E-state index contributed by atoms with van der Waals surface area (Å²) in [4.78, 5) is 14.0. The zero-order valence-corrected chi connectivity index (χ0v) is 11.7. The van der Waals surface area contributed by atoms with Crippen LogP contribution in [0.5, 0.6) is 0 Å². The predicted octanol–water partition coefficient (Wildman–Crippen LogP) is 1.44. The monoisotopic (exact) mass is 264 g/mol. The van der Waals surface area contributed by atoms with Crippen LogP contribution >= 0.6 is 12.4 Å². The lowest BCUT2D eigenvalue weighted by Gasteiger charge is -2.24. The minimum absolute atomic E-state index is 0. The molecule has 0 bridgehead atoms. The van der Waals surface area contributed by atoms with Gasteiger partial charge in [-0.15, -0.1) is 12.4 Å². The van der Waals surface area contributed by atoms with Gasteiger partial charge in [0, 0.05) is 38.8 Å². The maximum Gasteiger partial charge on any atom is 0.222 e. The van der Waals surface area contributed by atoms with Crippen LogP contribution in [0.1, 0.15) is 32.6 Å². The summed E-state index contributed by atoms with van der Waals surface area (Å²) in [5.74, 6) is 0.289. The number of amides is 1. The largest absolute Gasteiger partial charge is 0.382 e. The summed E-state index contributed by atoms with van der Waals surface area (Å²) >= 11 is 0. The third-order valence-corrected chi connectivity index (χ3v) is 3.02. The van der Waals surface area contributed by atoms with Gasteiger partial charge in [0.1, 0.15) is 0 Å². The molecule has 1 aliphatic heterocycles. The van der Waals surface area contributed by atoms with Gasteiger partial charge < -0.3 is 15.0 Å². The third kappa shape index (κ3) is 5.70. The van der Waals surface area contributed by atoms with Crippen molar-refractivity contribution in [1.29, 1.82) is 0 Å². The number of likely N-dealkylation sites (tertiary alicyclic amines) is 1. The molecule has 17 heavy (non-hydrogen) atoms. The lowest BCUT2D eigenvalue weighted by Crippen LogP contribution is -2.40. The van der Waals surface area contributed by atoms with Crippen molar-refractivity contribution < 1.29 is 9.53 Å². The number of carbonyl (C=O) groups is 1. The average Bonchev–Trinajstić information content (AvgIpc) is 2.73. The lowest BCUT2D eigenvalue weighted by atomic mass is 10.2. The second-order valence-corrected chi connectivity index (χ2v) is 4.24. The van der Waals surface area contributed by atoms with E-state index in [0.29, 0.717) is 19.1 Å². The molecule has 1 rings (SSSR count). The summed E-state index contributed by atoms with van der Waals surface area (Å²) in [6.07, 6.45) is 3.75. The highest BCUT2D eigenvalue weighted by molar-refractivity contribution is 5.85. The number of nitrogens with one attached hydrogen (secondary N) is 1. The van der Waals surface area contributed by atoms with Gasteiger partial charge in [0.15, 0.2) is 0 Å². The zero-order chi connectivity index (χ0) is 11.8. The van der Waals surface area contributed by atoms with Crippen LogP contribution in [0.25, 0.3) is 0 Å². The predicted molar refractivity (Wildman–Crippen MR) is 71.6 cm³/mol. The molecular weight excluding hydrogens is 240 g/mol. The van der Waals surface area contributed by atoms with Gasteiger partial charge in [0.05, 0.1) is 0 Å². The van der Waals surface area contributed by atoms with E-state index < -0.39 is 0 Å². The Morgan fingerprint density at radius 2 is 2.29 bits per heavy atom. The Labute approximate surface area is 110 Å². The molecule has 1 unspecified atom stereocenters. The number of hydrogen-bond donors (Lipinski definition) is 1. The molecule has 1 atom stereocenters. The molecule has 5 heteroatoms. The van der Waals surface area contributed by atoms with Crippen molar-refractivity contribution in [1.82, 2.24) is 10.2 Å². The number of hydrogen-bond acceptors (Lipinski definition) is 3. The Balaban J connectivity index is 0.00000256. The quantitative estimate of drug-likeness (QED) is 0.708. The van der Waals surface area contributed by atoms with Crippen LogP contribution in [0.15, 0.2) is 0 Å². The highest BCUT2D eigenvalue weighted by atomic mass is 35.5. The molecule has 0 aliphatic carbocycles. The Morgan fingerprint density at radius 1 is 1.53 bits per heavy atom. The molecule has 0 spiro atoms. The SMILES string of the molecule is CCOCCCC(=O)N1CCCC1CNC.Cl. The first kappa shape index (κ1) is 16.7. The average molecular weight is 265 g/mol. The van der Waals surface area contributed by atoms with Gasteiger partial charge in [-0.2, -0.15) is 0 Å². The van der Waals surface area contributed by atoms with Gasteiger partial charge in [-0.25, -0.2) is 0 Å². The maximum absolute atomic E-state index is 11.9. The van der Waals surface area contributed by atoms with Crippen LogP contribution in [0.4, 0.5) is 0 Å². The second kappa shape index (κ2) is 9.68. The van der Waals surface area contributed by atoms with E-state index in [9.17, 15) is 4.79 Å². The summed E-state index contributed by atoms with van der Waals surface area (Å²) in [7, 11) is 1.94. The normalized spacial score (nSPS) is 19.2. The molecule has 4 nitrogen and oxygen atoms in total. The molecule has 1 saturated heterocycles. The third-order valence-electron chi connectivity index (χ3n) is 3.02. The smallest absolute Gasteiger partial charge is 0.222 e. The van der Waals surface area contributed by atoms with Crippen LogP contribution in [0, 0.1) is 0 Å². The fraction of sp³-hybridized carbons (Fsp3) is 0.917. The van der Waals surface area contributed by atoms with Crippen molar-refractivity contribution in [2.75, 3.05) is 33.4 Å². The molecular formula is C12H25ClN2O2. The van der Waals surface area contributed by atoms with Crippen LogP contribution in [0.3, 0.4) is 0 Å².